The minimum absolute atomic E-state index is 0.104. The highest BCUT2D eigenvalue weighted by atomic mass is 32.1. The lowest BCUT2D eigenvalue weighted by molar-refractivity contribution is 0.660. The summed E-state index contributed by atoms with van der Waals surface area (Å²) in [6, 6.07) is 78.2. The summed E-state index contributed by atoms with van der Waals surface area (Å²) in [6.07, 6.45) is 0. The first kappa shape index (κ1) is 35.2. The first-order valence-electron chi connectivity index (χ1n) is 20.4. The number of hydrogen-bond acceptors (Lipinski definition) is 2. The van der Waals surface area contributed by atoms with E-state index in [0.717, 1.165) is 17.1 Å². The number of benzene rings is 9. The quantitative estimate of drug-likeness (QED) is 0.156. The maximum atomic E-state index is 2.52. The molecule has 1 aliphatic rings. The van der Waals surface area contributed by atoms with E-state index in [1.54, 1.807) is 0 Å². The Balaban J connectivity index is 1.15. The van der Waals surface area contributed by atoms with Gasteiger partial charge in [-0.2, -0.15) is 0 Å². The summed E-state index contributed by atoms with van der Waals surface area (Å²) in [5.41, 5.74) is 18.2. The molecule has 0 saturated carbocycles. The summed E-state index contributed by atoms with van der Waals surface area (Å²) >= 11 is 1.87. The van der Waals surface area contributed by atoms with Crippen molar-refractivity contribution in [3.63, 3.8) is 0 Å². The van der Waals surface area contributed by atoms with E-state index in [1.165, 1.54) is 86.9 Å². The van der Waals surface area contributed by atoms with E-state index in [2.05, 4.69) is 231 Å². The van der Waals surface area contributed by atoms with Crippen LogP contribution in [0, 0.1) is 0 Å². The Morgan fingerprint density at radius 1 is 0.339 bits per heavy atom. The number of thiophene rings is 1. The third-order valence-corrected chi connectivity index (χ3v) is 13.5. The topological polar surface area (TPSA) is 3.24 Å². The Hall–Kier alpha value is -7.00. The molecule has 1 nitrogen and oxygen atoms in total. The van der Waals surface area contributed by atoms with Crippen LogP contribution in [0.3, 0.4) is 0 Å². The first-order valence-corrected chi connectivity index (χ1v) is 21.2. The molecule has 0 unspecified atom stereocenters. The van der Waals surface area contributed by atoms with E-state index >= 15 is 0 Å². The molecular formula is C57H41NS. The fourth-order valence-electron chi connectivity index (χ4n) is 9.46. The van der Waals surface area contributed by atoms with Crippen LogP contribution in [-0.2, 0) is 5.41 Å². The summed E-state index contributed by atoms with van der Waals surface area (Å²) in [5, 5.41) is 2.62. The number of nitrogens with zero attached hydrogens (tertiary/aromatic N) is 1. The lowest BCUT2D eigenvalue weighted by Crippen LogP contribution is -2.15. The van der Waals surface area contributed by atoms with Gasteiger partial charge in [-0.1, -0.05) is 196 Å². The second-order valence-electron chi connectivity index (χ2n) is 16.0. The summed E-state index contributed by atoms with van der Waals surface area (Å²) in [6.45, 7) is 4.73. The Bertz CT molecular complexity index is 3190. The molecule has 59 heavy (non-hydrogen) atoms. The number of hydrogen-bond donors (Lipinski definition) is 0. The van der Waals surface area contributed by atoms with Crippen LogP contribution < -0.4 is 4.90 Å². The van der Waals surface area contributed by atoms with E-state index in [4.69, 9.17) is 0 Å². The van der Waals surface area contributed by atoms with Crippen molar-refractivity contribution >= 4 is 48.6 Å². The van der Waals surface area contributed by atoms with Crippen molar-refractivity contribution < 1.29 is 0 Å². The van der Waals surface area contributed by atoms with Crippen molar-refractivity contribution in [2.24, 2.45) is 0 Å². The summed E-state index contributed by atoms with van der Waals surface area (Å²) in [4.78, 5) is 2.52. The predicted molar refractivity (Wildman–Crippen MR) is 253 cm³/mol. The lowest BCUT2D eigenvalue weighted by atomic mass is 9.82. The molecule has 2 heteroatoms. The van der Waals surface area contributed by atoms with Gasteiger partial charge in [0.2, 0.25) is 0 Å². The highest BCUT2D eigenvalue weighted by Gasteiger charge is 2.37. The summed E-state index contributed by atoms with van der Waals surface area (Å²) in [5.74, 6) is 0. The van der Waals surface area contributed by atoms with Crippen LogP contribution in [0.2, 0.25) is 0 Å². The summed E-state index contributed by atoms with van der Waals surface area (Å²) < 4.78 is 2.61. The van der Waals surface area contributed by atoms with Crippen LogP contribution in [0.4, 0.5) is 17.1 Å². The minimum atomic E-state index is -0.104. The number of anilines is 3. The Kier molecular flexibility index (Phi) is 8.43. The summed E-state index contributed by atoms with van der Waals surface area (Å²) in [7, 11) is 0. The maximum absolute atomic E-state index is 2.52. The van der Waals surface area contributed by atoms with Gasteiger partial charge in [0.05, 0.1) is 17.1 Å². The molecule has 0 N–H and O–H groups in total. The van der Waals surface area contributed by atoms with Gasteiger partial charge in [0.25, 0.3) is 0 Å². The van der Waals surface area contributed by atoms with Gasteiger partial charge < -0.3 is 4.90 Å². The Labute approximate surface area is 350 Å². The zero-order valence-corrected chi connectivity index (χ0v) is 33.9. The second-order valence-corrected chi connectivity index (χ2v) is 17.1. The molecule has 1 aromatic heterocycles. The van der Waals surface area contributed by atoms with Gasteiger partial charge in [0, 0.05) is 42.3 Å². The predicted octanol–water partition coefficient (Wildman–Crippen LogP) is 16.5. The van der Waals surface area contributed by atoms with Gasteiger partial charge in [-0.3, -0.25) is 0 Å². The van der Waals surface area contributed by atoms with E-state index in [1.807, 2.05) is 11.3 Å². The van der Waals surface area contributed by atoms with Gasteiger partial charge in [-0.15, -0.1) is 11.3 Å². The van der Waals surface area contributed by atoms with Gasteiger partial charge in [0.1, 0.15) is 0 Å². The number of rotatable bonds is 7. The van der Waals surface area contributed by atoms with E-state index in [-0.39, 0.29) is 5.41 Å². The van der Waals surface area contributed by atoms with E-state index in [9.17, 15) is 0 Å². The molecule has 1 aliphatic carbocycles. The van der Waals surface area contributed by atoms with Gasteiger partial charge in [-0.05, 0) is 80.4 Å². The fraction of sp³-hybridized carbons (Fsp3) is 0.0526. The molecule has 0 fully saturated rings. The molecule has 0 radical (unpaired) electrons. The largest absolute Gasteiger partial charge is 0.309 e. The van der Waals surface area contributed by atoms with Crippen LogP contribution >= 0.6 is 11.3 Å². The minimum Gasteiger partial charge on any atom is -0.309 e. The van der Waals surface area contributed by atoms with E-state index in [0.29, 0.717) is 0 Å². The monoisotopic (exact) mass is 771 g/mol. The molecule has 0 spiro atoms. The molecule has 0 saturated heterocycles. The van der Waals surface area contributed by atoms with Crippen molar-refractivity contribution in [3.8, 4) is 55.6 Å². The van der Waals surface area contributed by atoms with Crippen LogP contribution in [0.15, 0.2) is 212 Å². The van der Waals surface area contributed by atoms with E-state index < -0.39 is 0 Å². The van der Waals surface area contributed by atoms with Crippen LogP contribution in [0.5, 0.6) is 0 Å². The van der Waals surface area contributed by atoms with Gasteiger partial charge >= 0.3 is 0 Å². The lowest BCUT2D eigenvalue weighted by Gasteiger charge is -2.32. The molecule has 9 aromatic carbocycles. The van der Waals surface area contributed by atoms with Crippen LogP contribution in [-0.4, -0.2) is 0 Å². The highest BCUT2D eigenvalue weighted by molar-refractivity contribution is 7.25. The van der Waals surface area contributed by atoms with Crippen LogP contribution in [0.25, 0.3) is 75.8 Å². The van der Waals surface area contributed by atoms with Crippen molar-refractivity contribution in [2.45, 2.75) is 19.3 Å². The molecule has 11 rings (SSSR count). The standard InChI is InChI=1S/C57H41NS/c1-57(2)49-25-11-6-23-48(49)56-47(24-16-26-50(56)57)44-21-9-14-29-53(44)58(51-27-12-7-19-42(51)40-33-31-39(32-34-40)38-17-4-3-5-18-38)52-28-13-8-20-43(52)41-35-36-46-45-22-10-15-30-54(45)59-55(46)37-41/h3-37H,1-2H3. The SMILES string of the molecule is CC1(C)c2ccccc2-c2c(-c3ccccc3N(c3ccccc3-c3ccc(-c4ccccc4)cc3)c3ccccc3-c3ccc4c(c3)sc3ccccc34)cccc21. The van der Waals surface area contributed by atoms with Crippen molar-refractivity contribution in [2.75, 3.05) is 4.90 Å². The molecule has 0 atom stereocenters. The zero-order chi connectivity index (χ0) is 39.5. The maximum Gasteiger partial charge on any atom is 0.0540 e. The average Bonchev–Trinajstić information content (AvgIpc) is 3.79. The normalized spacial score (nSPS) is 12.7. The van der Waals surface area contributed by atoms with Crippen molar-refractivity contribution in [3.05, 3.63) is 223 Å². The smallest absolute Gasteiger partial charge is 0.0540 e. The highest BCUT2D eigenvalue weighted by Crippen LogP contribution is 2.55. The first-order chi connectivity index (χ1) is 29.0. The molecule has 10 aromatic rings. The van der Waals surface area contributed by atoms with Crippen LogP contribution in [0.1, 0.15) is 25.0 Å². The third-order valence-electron chi connectivity index (χ3n) is 12.3. The Morgan fingerprint density at radius 3 is 1.58 bits per heavy atom. The average molecular weight is 772 g/mol. The second kappa shape index (κ2) is 14.1. The molecule has 1 heterocycles. The van der Waals surface area contributed by atoms with Crippen molar-refractivity contribution in [1.29, 1.82) is 0 Å². The zero-order valence-electron chi connectivity index (χ0n) is 33.1. The van der Waals surface area contributed by atoms with Gasteiger partial charge in [-0.25, -0.2) is 0 Å². The number of para-hydroxylation sites is 3. The van der Waals surface area contributed by atoms with Crippen molar-refractivity contribution in [1.82, 2.24) is 0 Å². The third kappa shape index (κ3) is 5.82. The molecule has 280 valence electrons. The molecule has 0 amide bonds. The number of fused-ring (bicyclic) bond motifs is 6. The molecular weight excluding hydrogens is 731 g/mol. The van der Waals surface area contributed by atoms with Gasteiger partial charge in [0.15, 0.2) is 0 Å². The Morgan fingerprint density at radius 2 is 0.831 bits per heavy atom. The molecule has 0 aliphatic heterocycles. The fourth-order valence-corrected chi connectivity index (χ4v) is 10.6. The molecule has 0 bridgehead atoms.